The van der Waals surface area contributed by atoms with Gasteiger partial charge in [-0.2, -0.15) is 0 Å². The van der Waals surface area contributed by atoms with Crippen molar-refractivity contribution in [2.45, 2.75) is 37.2 Å². The summed E-state index contributed by atoms with van der Waals surface area (Å²) in [5.74, 6) is -0.0515. The van der Waals surface area contributed by atoms with Crippen LogP contribution in [0.3, 0.4) is 0 Å². The van der Waals surface area contributed by atoms with Crippen molar-refractivity contribution in [1.82, 2.24) is 10.0 Å². The molecule has 1 atom stereocenters. The number of carbonyl (C=O) groups excluding carboxylic acids is 2. The normalized spacial score (nSPS) is 15.0. The first-order valence-electron chi connectivity index (χ1n) is 8.94. The van der Waals surface area contributed by atoms with Gasteiger partial charge in [0.15, 0.2) is 6.61 Å². The maximum absolute atomic E-state index is 12.3. The number of furan rings is 1. The van der Waals surface area contributed by atoms with Gasteiger partial charge < -0.3 is 14.5 Å². The summed E-state index contributed by atoms with van der Waals surface area (Å²) in [7, 11) is -3.75. The molecule has 0 radical (unpaired) electrons. The molecule has 1 amide bonds. The molecule has 2 N–H and O–H groups in total. The SMILES string of the molecule is C[C@H](NC(=O)COC(=O)c1ccc(S(=O)(=O)NCc2ccco2)cc1)C1CC1. The Morgan fingerprint density at radius 3 is 2.54 bits per heavy atom. The molecule has 1 saturated carbocycles. The summed E-state index contributed by atoms with van der Waals surface area (Å²) in [6, 6.07) is 8.68. The third-order valence-corrected chi connectivity index (χ3v) is 5.89. The molecule has 1 aromatic carbocycles. The number of ether oxygens (including phenoxy) is 1. The van der Waals surface area contributed by atoms with E-state index in [0.717, 1.165) is 12.8 Å². The largest absolute Gasteiger partial charge is 0.468 e. The molecule has 1 aliphatic rings. The Bertz CT molecular complexity index is 918. The van der Waals surface area contributed by atoms with E-state index in [1.165, 1.54) is 30.5 Å². The van der Waals surface area contributed by atoms with Crippen molar-refractivity contribution >= 4 is 21.9 Å². The highest BCUT2D eigenvalue weighted by molar-refractivity contribution is 7.89. The highest BCUT2D eigenvalue weighted by atomic mass is 32.2. The number of hydrogen-bond donors (Lipinski definition) is 2. The van der Waals surface area contributed by atoms with Crippen molar-refractivity contribution < 1.29 is 27.2 Å². The van der Waals surface area contributed by atoms with Crippen LogP contribution in [-0.4, -0.2) is 32.9 Å². The van der Waals surface area contributed by atoms with Gasteiger partial charge in [0.1, 0.15) is 5.76 Å². The van der Waals surface area contributed by atoms with E-state index in [2.05, 4.69) is 10.0 Å². The molecule has 3 rings (SSSR count). The second-order valence-electron chi connectivity index (χ2n) is 6.70. The fourth-order valence-corrected chi connectivity index (χ4v) is 3.65. The third kappa shape index (κ3) is 5.43. The fourth-order valence-electron chi connectivity index (χ4n) is 2.66. The second-order valence-corrected chi connectivity index (χ2v) is 8.46. The van der Waals surface area contributed by atoms with Crippen LogP contribution >= 0.6 is 0 Å². The number of sulfonamides is 1. The molecule has 1 aromatic heterocycles. The minimum atomic E-state index is -3.75. The zero-order chi connectivity index (χ0) is 20.1. The van der Waals surface area contributed by atoms with Crippen LogP contribution in [0.15, 0.2) is 52.0 Å². The summed E-state index contributed by atoms with van der Waals surface area (Å²) in [6.45, 7) is 1.57. The van der Waals surface area contributed by atoms with Gasteiger partial charge in [-0.25, -0.2) is 17.9 Å². The van der Waals surface area contributed by atoms with E-state index in [9.17, 15) is 18.0 Å². The number of hydrogen-bond acceptors (Lipinski definition) is 6. The Morgan fingerprint density at radius 2 is 1.93 bits per heavy atom. The van der Waals surface area contributed by atoms with E-state index in [1.807, 2.05) is 6.92 Å². The molecule has 0 spiro atoms. The first-order chi connectivity index (χ1) is 13.3. The smallest absolute Gasteiger partial charge is 0.338 e. The van der Waals surface area contributed by atoms with Gasteiger partial charge in [0.25, 0.3) is 5.91 Å². The quantitative estimate of drug-likeness (QED) is 0.614. The summed E-state index contributed by atoms with van der Waals surface area (Å²) in [5.41, 5.74) is 0.160. The van der Waals surface area contributed by atoms with Crippen LogP contribution in [0.5, 0.6) is 0 Å². The van der Waals surface area contributed by atoms with Crippen molar-refractivity contribution in [3.8, 4) is 0 Å². The minimum absolute atomic E-state index is 0.00612. The summed E-state index contributed by atoms with van der Waals surface area (Å²) >= 11 is 0. The average molecular weight is 406 g/mol. The Morgan fingerprint density at radius 1 is 1.21 bits per heavy atom. The van der Waals surface area contributed by atoms with E-state index in [1.54, 1.807) is 12.1 Å². The molecular formula is C19H22N2O6S. The molecule has 8 nitrogen and oxygen atoms in total. The zero-order valence-electron chi connectivity index (χ0n) is 15.4. The van der Waals surface area contributed by atoms with Crippen molar-refractivity contribution in [1.29, 1.82) is 0 Å². The predicted octanol–water partition coefficient (Wildman–Crippen LogP) is 1.83. The van der Waals surface area contributed by atoms with Crippen molar-refractivity contribution in [2.75, 3.05) is 6.61 Å². The van der Waals surface area contributed by atoms with E-state index >= 15 is 0 Å². The van der Waals surface area contributed by atoms with Crippen LogP contribution in [0.2, 0.25) is 0 Å². The standard InChI is InChI=1S/C19H22N2O6S/c1-13(14-4-5-14)21-18(22)12-27-19(23)15-6-8-17(9-7-15)28(24,25)20-11-16-3-2-10-26-16/h2-3,6-10,13-14,20H,4-5,11-12H2,1H3,(H,21,22)/t13-/m0/s1. The van der Waals surface area contributed by atoms with Crippen molar-refractivity contribution in [2.24, 2.45) is 5.92 Å². The van der Waals surface area contributed by atoms with E-state index < -0.39 is 16.0 Å². The van der Waals surface area contributed by atoms with E-state index in [4.69, 9.17) is 9.15 Å². The number of carbonyl (C=O) groups is 2. The van der Waals surface area contributed by atoms with Crippen LogP contribution in [0.1, 0.15) is 35.9 Å². The maximum Gasteiger partial charge on any atom is 0.338 e. The molecule has 0 saturated heterocycles. The lowest BCUT2D eigenvalue weighted by Crippen LogP contribution is -2.37. The number of rotatable bonds is 9. The average Bonchev–Trinajstić information content (AvgIpc) is 3.41. The van der Waals surface area contributed by atoms with Gasteiger partial charge in [-0.05, 0) is 62.1 Å². The molecule has 28 heavy (non-hydrogen) atoms. The van der Waals surface area contributed by atoms with Crippen LogP contribution in [0.25, 0.3) is 0 Å². The van der Waals surface area contributed by atoms with Gasteiger partial charge in [-0.15, -0.1) is 0 Å². The lowest BCUT2D eigenvalue weighted by atomic mass is 10.2. The monoisotopic (exact) mass is 406 g/mol. The van der Waals surface area contributed by atoms with Crippen LogP contribution in [-0.2, 0) is 26.1 Å². The van der Waals surface area contributed by atoms with Crippen LogP contribution in [0.4, 0.5) is 0 Å². The molecule has 150 valence electrons. The molecule has 0 unspecified atom stereocenters. The molecule has 9 heteroatoms. The van der Waals surface area contributed by atoms with Gasteiger partial charge in [0, 0.05) is 6.04 Å². The maximum atomic E-state index is 12.3. The van der Waals surface area contributed by atoms with Crippen LogP contribution in [0, 0.1) is 5.92 Å². The van der Waals surface area contributed by atoms with Crippen LogP contribution < -0.4 is 10.0 Å². The van der Waals surface area contributed by atoms with Gasteiger partial charge in [0.05, 0.1) is 23.3 Å². The Labute approximate surface area is 163 Å². The second kappa shape index (κ2) is 8.57. The summed E-state index contributed by atoms with van der Waals surface area (Å²) in [5, 5.41) is 2.79. The summed E-state index contributed by atoms with van der Waals surface area (Å²) in [4.78, 5) is 23.8. The molecular weight excluding hydrogens is 384 g/mol. The molecule has 1 aliphatic carbocycles. The van der Waals surface area contributed by atoms with Gasteiger partial charge in [-0.3, -0.25) is 4.79 Å². The highest BCUT2D eigenvalue weighted by Gasteiger charge is 2.29. The molecule has 2 aromatic rings. The first-order valence-corrected chi connectivity index (χ1v) is 10.4. The molecule has 1 heterocycles. The first kappa shape index (κ1) is 20.1. The topological polar surface area (TPSA) is 115 Å². The fraction of sp³-hybridized carbons (Fsp3) is 0.368. The number of nitrogens with one attached hydrogen (secondary N) is 2. The highest BCUT2D eigenvalue weighted by Crippen LogP contribution is 2.32. The lowest BCUT2D eigenvalue weighted by molar-refractivity contribution is -0.124. The van der Waals surface area contributed by atoms with E-state index in [-0.39, 0.29) is 35.6 Å². The number of amides is 1. The third-order valence-electron chi connectivity index (χ3n) is 4.47. The van der Waals surface area contributed by atoms with Gasteiger partial charge >= 0.3 is 5.97 Å². The summed E-state index contributed by atoms with van der Waals surface area (Å²) in [6.07, 6.45) is 3.66. The van der Waals surface area contributed by atoms with Gasteiger partial charge in [-0.1, -0.05) is 0 Å². The van der Waals surface area contributed by atoms with Crippen molar-refractivity contribution in [3.05, 3.63) is 54.0 Å². The Kier molecular flexibility index (Phi) is 6.15. The number of esters is 1. The molecule has 0 bridgehead atoms. The lowest BCUT2D eigenvalue weighted by Gasteiger charge is -2.12. The minimum Gasteiger partial charge on any atom is -0.468 e. The predicted molar refractivity (Wildman–Crippen MR) is 99.8 cm³/mol. The molecule has 0 aliphatic heterocycles. The number of benzene rings is 1. The molecule has 1 fully saturated rings. The Balaban J connectivity index is 1.51. The van der Waals surface area contributed by atoms with E-state index in [0.29, 0.717) is 11.7 Å². The summed E-state index contributed by atoms with van der Waals surface area (Å²) < 4.78 is 37.0. The Hall–Kier alpha value is -2.65. The van der Waals surface area contributed by atoms with Crippen molar-refractivity contribution in [3.63, 3.8) is 0 Å². The van der Waals surface area contributed by atoms with Gasteiger partial charge in [0.2, 0.25) is 10.0 Å². The zero-order valence-corrected chi connectivity index (χ0v) is 16.2.